The van der Waals surface area contributed by atoms with Crippen LogP contribution < -0.4 is 20.9 Å². The molecular formula is C46H46N4O7. The molecule has 0 spiro atoms. The number of hydrogen-bond donors (Lipinski definition) is 5. The lowest BCUT2D eigenvalue weighted by Crippen LogP contribution is -2.52. The van der Waals surface area contributed by atoms with Crippen molar-refractivity contribution in [2.45, 2.75) is 37.6 Å². The number of carbonyl (C=O) groups excluding carboxylic acids is 2. The Morgan fingerprint density at radius 1 is 0.825 bits per heavy atom. The number of esters is 1. The Hall–Kier alpha value is -6.27. The number of fused-ring (bicyclic) bond motifs is 1. The number of hydrogen-bond acceptors (Lipinski definition) is 9. The van der Waals surface area contributed by atoms with Gasteiger partial charge in [-0.2, -0.15) is 0 Å². The number of carbonyl (C=O) groups is 2. The van der Waals surface area contributed by atoms with Crippen molar-refractivity contribution in [3.63, 3.8) is 0 Å². The second-order valence-electron chi connectivity index (χ2n) is 14.2. The Bertz CT molecular complexity index is 2330. The van der Waals surface area contributed by atoms with Gasteiger partial charge in [-0.05, 0) is 70.6 Å². The van der Waals surface area contributed by atoms with Gasteiger partial charge < -0.3 is 35.3 Å². The van der Waals surface area contributed by atoms with Crippen LogP contribution in [-0.2, 0) is 22.6 Å². The van der Waals surface area contributed by atoms with E-state index in [4.69, 9.17) is 9.47 Å². The normalized spacial score (nSPS) is 14.1. The summed E-state index contributed by atoms with van der Waals surface area (Å²) in [6.07, 6.45) is -0.446. The van der Waals surface area contributed by atoms with Crippen LogP contribution in [0.25, 0.3) is 10.9 Å². The zero-order valence-electron chi connectivity index (χ0n) is 31.5. The van der Waals surface area contributed by atoms with Crippen LogP contribution >= 0.6 is 0 Å². The molecule has 0 radical (unpaired) electrons. The maximum absolute atomic E-state index is 13.6. The van der Waals surface area contributed by atoms with Crippen LogP contribution in [0.15, 0.2) is 138 Å². The maximum Gasteiger partial charge on any atom is 0.318 e. The van der Waals surface area contributed by atoms with E-state index >= 15 is 0 Å². The molecule has 11 heteroatoms. The summed E-state index contributed by atoms with van der Waals surface area (Å²) in [7, 11) is 0. The van der Waals surface area contributed by atoms with Crippen LogP contribution in [0, 0.1) is 0 Å². The first-order valence-corrected chi connectivity index (χ1v) is 19.2. The molecule has 0 saturated carbocycles. The summed E-state index contributed by atoms with van der Waals surface area (Å²) in [5, 5.41) is 27.7. The van der Waals surface area contributed by atoms with E-state index in [9.17, 15) is 24.6 Å². The number of benzene rings is 5. The number of likely N-dealkylation sites (tertiary alicyclic amines) is 1. The van der Waals surface area contributed by atoms with Gasteiger partial charge in [0.05, 0.1) is 18.2 Å². The first kappa shape index (κ1) is 39.0. The van der Waals surface area contributed by atoms with E-state index in [0.717, 1.165) is 23.2 Å². The molecule has 1 aliphatic heterocycles. The second kappa shape index (κ2) is 18.6. The van der Waals surface area contributed by atoms with Crippen LogP contribution in [0.1, 0.15) is 56.6 Å². The molecular weight excluding hydrogens is 721 g/mol. The third-order valence-electron chi connectivity index (χ3n) is 10.0. The van der Waals surface area contributed by atoms with Crippen LogP contribution in [0.2, 0.25) is 0 Å². The number of aromatic amines is 1. The van der Waals surface area contributed by atoms with Crippen LogP contribution in [0.3, 0.4) is 0 Å². The molecule has 1 aromatic heterocycles. The molecule has 0 bridgehead atoms. The Balaban J connectivity index is 0.847. The number of aliphatic hydroxyl groups is 1. The highest BCUT2D eigenvalue weighted by atomic mass is 16.5. The van der Waals surface area contributed by atoms with E-state index in [1.54, 1.807) is 24.3 Å². The maximum atomic E-state index is 13.6. The van der Waals surface area contributed by atoms with Gasteiger partial charge in [0, 0.05) is 56.3 Å². The SMILES string of the molecule is O=C(NCCCOc1cccc(C(C(=O)OC2CN(Cc3ccccc3)C2)c2ccccc2)c1)c1ccc(CNCC(O)c2ccc(O)c3[nH]c(=O)ccc23)cc1. The number of ether oxygens (including phenoxy) is 2. The van der Waals surface area contributed by atoms with E-state index in [-0.39, 0.29) is 41.4 Å². The summed E-state index contributed by atoms with van der Waals surface area (Å²) in [5.74, 6) is -0.493. The third-order valence-corrected chi connectivity index (χ3v) is 10.0. The lowest BCUT2D eigenvalue weighted by Gasteiger charge is -2.39. The summed E-state index contributed by atoms with van der Waals surface area (Å²) >= 11 is 0. The predicted molar refractivity (Wildman–Crippen MR) is 218 cm³/mol. The molecule has 57 heavy (non-hydrogen) atoms. The van der Waals surface area contributed by atoms with Crippen molar-refractivity contribution in [3.8, 4) is 11.5 Å². The highest BCUT2D eigenvalue weighted by Gasteiger charge is 2.33. The van der Waals surface area contributed by atoms with E-state index in [1.165, 1.54) is 17.7 Å². The Kier molecular flexibility index (Phi) is 12.7. The molecule has 5 N–H and O–H groups in total. The number of nitrogens with one attached hydrogen (secondary N) is 3. The molecule has 6 aromatic rings. The monoisotopic (exact) mass is 766 g/mol. The van der Waals surface area contributed by atoms with Gasteiger partial charge in [0.1, 0.15) is 23.5 Å². The lowest BCUT2D eigenvalue weighted by molar-refractivity contribution is -0.158. The smallest absolute Gasteiger partial charge is 0.318 e. The number of H-pyrrole nitrogens is 1. The van der Waals surface area contributed by atoms with Gasteiger partial charge >= 0.3 is 5.97 Å². The van der Waals surface area contributed by atoms with Crippen molar-refractivity contribution in [2.24, 2.45) is 0 Å². The zero-order valence-corrected chi connectivity index (χ0v) is 31.5. The number of aromatic hydroxyl groups is 1. The number of rotatable bonds is 17. The van der Waals surface area contributed by atoms with Gasteiger partial charge in [-0.1, -0.05) is 91.0 Å². The van der Waals surface area contributed by atoms with Crippen molar-refractivity contribution >= 4 is 22.8 Å². The average molecular weight is 767 g/mol. The van der Waals surface area contributed by atoms with Crippen molar-refractivity contribution in [2.75, 3.05) is 32.8 Å². The van der Waals surface area contributed by atoms with Crippen molar-refractivity contribution < 1.29 is 29.3 Å². The van der Waals surface area contributed by atoms with Crippen LogP contribution in [0.4, 0.5) is 0 Å². The van der Waals surface area contributed by atoms with E-state index in [0.29, 0.717) is 61.5 Å². The minimum atomic E-state index is -0.873. The second-order valence-corrected chi connectivity index (χ2v) is 14.2. The molecule has 2 atom stereocenters. The first-order chi connectivity index (χ1) is 27.8. The number of phenols is 1. The Labute approximate surface area is 330 Å². The Morgan fingerprint density at radius 2 is 1.56 bits per heavy atom. The number of aromatic nitrogens is 1. The minimum absolute atomic E-state index is 0.0598. The molecule has 1 saturated heterocycles. The number of amides is 1. The van der Waals surface area contributed by atoms with E-state index < -0.39 is 12.0 Å². The summed E-state index contributed by atoms with van der Waals surface area (Å²) in [5.41, 5.74) is 4.88. The number of nitrogens with zero attached hydrogens (tertiary/aromatic N) is 1. The van der Waals surface area contributed by atoms with E-state index in [2.05, 4.69) is 32.7 Å². The highest BCUT2D eigenvalue weighted by Crippen LogP contribution is 2.31. The summed E-state index contributed by atoms with van der Waals surface area (Å²) in [6, 6.07) is 40.7. The van der Waals surface area contributed by atoms with Gasteiger partial charge in [0.25, 0.3) is 5.91 Å². The lowest BCUT2D eigenvalue weighted by atomic mass is 9.91. The number of aliphatic hydroxyl groups excluding tert-OH is 1. The zero-order chi connectivity index (χ0) is 39.6. The molecule has 292 valence electrons. The molecule has 1 aliphatic rings. The highest BCUT2D eigenvalue weighted by molar-refractivity contribution is 5.94. The minimum Gasteiger partial charge on any atom is -0.506 e. The quantitative estimate of drug-likeness (QED) is 0.0572. The molecule has 2 unspecified atom stereocenters. The van der Waals surface area contributed by atoms with Crippen molar-refractivity contribution in [1.29, 1.82) is 0 Å². The Morgan fingerprint density at radius 3 is 2.33 bits per heavy atom. The number of pyridine rings is 1. The van der Waals surface area contributed by atoms with Crippen LogP contribution in [0.5, 0.6) is 11.5 Å². The molecule has 1 amide bonds. The first-order valence-electron chi connectivity index (χ1n) is 19.2. The summed E-state index contributed by atoms with van der Waals surface area (Å²) in [4.78, 5) is 43.1. The molecule has 11 nitrogen and oxygen atoms in total. The fourth-order valence-electron chi connectivity index (χ4n) is 7.05. The predicted octanol–water partition coefficient (Wildman–Crippen LogP) is 5.82. The van der Waals surface area contributed by atoms with Crippen molar-refractivity contribution in [1.82, 2.24) is 20.5 Å². The largest absolute Gasteiger partial charge is 0.506 e. The molecule has 2 heterocycles. The van der Waals surface area contributed by atoms with Gasteiger partial charge in [-0.25, -0.2) is 0 Å². The van der Waals surface area contributed by atoms with Crippen molar-refractivity contribution in [3.05, 3.63) is 177 Å². The van der Waals surface area contributed by atoms with Gasteiger partial charge in [-0.3, -0.25) is 19.3 Å². The third kappa shape index (κ3) is 10.1. The van der Waals surface area contributed by atoms with Crippen LogP contribution in [-0.4, -0.2) is 70.9 Å². The molecule has 5 aromatic carbocycles. The number of phenolic OH excluding ortho intramolecular Hbond substituents is 1. The summed E-state index contributed by atoms with van der Waals surface area (Å²) in [6.45, 7) is 3.72. The van der Waals surface area contributed by atoms with Gasteiger partial charge in [-0.15, -0.1) is 0 Å². The topological polar surface area (TPSA) is 153 Å². The summed E-state index contributed by atoms with van der Waals surface area (Å²) < 4.78 is 12.1. The van der Waals surface area contributed by atoms with Gasteiger partial charge in [0.15, 0.2) is 0 Å². The standard InChI is InChI=1S/C46H46N4O7/c51-40-21-19-38(39-20-22-42(53)49-44(39)40)41(52)27-47-26-31-15-17-34(18-16-31)45(54)48-23-8-24-56-36-14-7-13-35(25-36)43(33-11-5-2-6-12-33)46(55)57-37-29-50(30-37)28-32-9-3-1-4-10-32/h1-7,9-22,25,37,41,43,47,51-52H,8,23-24,26-30H2,(H,48,54)(H,49,53). The fraction of sp³-hybridized carbons (Fsp3) is 0.239. The molecule has 7 rings (SSSR count). The molecule has 1 fully saturated rings. The van der Waals surface area contributed by atoms with E-state index in [1.807, 2.05) is 84.9 Å². The molecule has 0 aliphatic carbocycles. The fourth-order valence-corrected chi connectivity index (χ4v) is 7.05. The van der Waals surface area contributed by atoms with Gasteiger partial charge in [0.2, 0.25) is 5.56 Å². The average Bonchev–Trinajstić information content (AvgIpc) is 3.21.